The first-order valence-electron chi connectivity index (χ1n) is 13.6. The van der Waals surface area contributed by atoms with Crippen molar-refractivity contribution in [1.29, 1.82) is 0 Å². The average Bonchev–Trinajstić information content (AvgIpc) is 3.05. The van der Waals surface area contributed by atoms with Crippen molar-refractivity contribution in [2.45, 2.75) is 117 Å². The number of esters is 1. The van der Waals surface area contributed by atoms with E-state index in [2.05, 4.69) is 56.6 Å². The zero-order valence-electron chi connectivity index (χ0n) is 21.5. The van der Waals surface area contributed by atoms with Gasteiger partial charge in [0.05, 0.1) is 0 Å². The van der Waals surface area contributed by atoms with Crippen LogP contribution in [0.2, 0.25) is 0 Å². The van der Waals surface area contributed by atoms with E-state index in [4.69, 9.17) is 4.74 Å². The van der Waals surface area contributed by atoms with Crippen LogP contribution in [0.15, 0.2) is 11.6 Å². The molecule has 0 spiro atoms. The van der Waals surface area contributed by atoms with Crippen LogP contribution in [0.25, 0.3) is 0 Å². The lowest BCUT2D eigenvalue weighted by molar-refractivity contribution is -0.148. The van der Waals surface area contributed by atoms with Crippen LogP contribution in [-0.4, -0.2) is 16.9 Å². The Bertz CT molecular complexity index is 729. The largest absolute Gasteiger partial charge is 0.462 e. The maximum absolute atomic E-state index is 11.5. The number of hydrogen-bond acceptors (Lipinski definition) is 2. The molecule has 0 unspecified atom stereocenters. The Morgan fingerprint density at radius 1 is 1.09 bits per heavy atom. The van der Waals surface area contributed by atoms with Gasteiger partial charge in [-0.15, -0.1) is 0 Å². The van der Waals surface area contributed by atoms with Gasteiger partial charge in [-0.2, -0.15) is 0 Å². The van der Waals surface area contributed by atoms with Crippen molar-refractivity contribution in [3.63, 3.8) is 0 Å². The van der Waals surface area contributed by atoms with Crippen LogP contribution in [-0.2, 0) is 9.53 Å². The second-order valence-corrected chi connectivity index (χ2v) is 13.9. The number of halogens is 1. The van der Waals surface area contributed by atoms with Gasteiger partial charge in [0.1, 0.15) is 6.10 Å². The molecule has 4 rings (SSSR count). The van der Waals surface area contributed by atoms with Crippen molar-refractivity contribution in [1.82, 2.24) is 0 Å². The summed E-state index contributed by atoms with van der Waals surface area (Å²) in [5.74, 6) is 4.86. The molecule has 0 heterocycles. The van der Waals surface area contributed by atoms with E-state index in [1.807, 2.05) is 0 Å². The number of alkyl halides is 1. The van der Waals surface area contributed by atoms with Crippen LogP contribution in [0.3, 0.4) is 0 Å². The van der Waals surface area contributed by atoms with Gasteiger partial charge in [-0.1, -0.05) is 81.5 Å². The summed E-state index contributed by atoms with van der Waals surface area (Å²) in [5.41, 5.74) is 2.38. The summed E-state index contributed by atoms with van der Waals surface area (Å²) in [5, 5.41) is 0. The molecule has 0 aromatic carbocycles. The summed E-state index contributed by atoms with van der Waals surface area (Å²) >= 11 is 4.18. The molecule has 0 N–H and O–H groups in total. The third kappa shape index (κ3) is 4.38. The van der Waals surface area contributed by atoms with Crippen LogP contribution in [0, 0.1) is 46.3 Å². The summed E-state index contributed by atoms with van der Waals surface area (Å²) in [6, 6.07) is 0. The quantitative estimate of drug-likeness (QED) is 0.205. The molecule has 32 heavy (non-hydrogen) atoms. The lowest BCUT2D eigenvalue weighted by Gasteiger charge is -2.59. The molecule has 182 valence electrons. The van der Waals surface area contributed by atoms with E-state index in [-0.39, 0.29) is 12.1 Å². The minimum Gasteiger partial charge on any atom is -0.462 e. The van der Waals surface area contributed by atoms with E-state index in [0.29, 0.717) is 15.7 Å². The SMILES string of the molecule is CC(=O)O[C@H]1CC[C@@]2(C)C(=C[C@@H](Br)[C@H]3[C@@H]4CC[C@H]([C@H](C)CCCC(C)C)[C@@]4(C)CC[C@@H]32)C1. The molecule has 0 bridgehead atoms. The molecule has 0 aliphatic heterocycles. The Balaban J connectivity index is 1.51. The Morgan fingerprint density at radius 2 is 1.84 bits per heavy atom. The van der Waals surface area contributed by atoms with E-state index < -0.39 is 0 Å². The Hall–Kier alpha value is -0.310. The molecular formula is C29H47BrO2. The fraction of sp³-hybridized carbons (Fsp3) is 0.897. The highest BCUT2D eigenvalue weighted by atomic mass is 79.9. The van der Waals surface area contributed by atoms with E-state index in [0.717, 1.165) is 48.3 Å². The van der Waals surface area contributed by atoms with Gasteiger partial charge in [-0.25, -0.2) is 0 Å². The van der Waals surface area contributed by atoms with Crippen molar-refractivity contribution >= 4 is 21.9 Å². The number of allylic oxidation sites excluding steroid dienone is 1. The van der Waals surface area contributed by atoms with Crippen molar-refractivity contribution < 1.29 is 9.53 Å². The van der Waals surface area contributed by atoms with Crippen LogP contribution < -0.4 is 0 Å². The Labute approximate surface area is 205 Å². The number of ether oxygens (including phenoxy) is 1. The fourth-order valence-electron chi connectivity index (χ4n) is 8.93. The number of carbonyl (C=O) groups excluding carboxylic acids is 1. The summed E-state index contributed by atoms with van der Waals surface area (Å²) in [6.07, 6.45) is 15.6. The third-order valence-electron chi connectivity index (χ3n) is 10.6. The molecule has 4 aliphatic rings. The first kappa shape index (κ1) is 24.8. The number of carbonyl (C=O) groups is 1. The first-order chi connectivity index (χ1) is 15.1. The van der Waals surface area contributed by atoms with Gasteiger partial charge in [0, 0.05) is 18.2 Å². The Kier molecular flexibility index (Phi) is 7.27. The predicted octanol–water partition coefficient (Wildman–Crippen LogP) is 8.33. The zero-order valence-corrected chi connectivity index (χ0v) is 23.0. The highest BCUT2D eigenvalue weighted by Gasteiger charge is 2.61. The smallest absolute Gasteiger partial charge is 0.302 e. The third-order valence-corrected chi connectivity index (χ3v) is 11.5. The molecule has 9 atom stereocenters. The highest BCUT2D eigenvalue weighted by molar-refractivity contribution is 9.09. The molecule has 3 fully saturated rings. The van der Waals surface area contributed by atoms with Gasteiger partial charge in [0.25, 0.3) is 0 Å². The van der Waals surface area contributed by atoms with E-state index in [1.165, 1.54) is 51.4 Å². The Morgan fingerprint density at radius 3 is 2.53 bits per heavy atom. The topological polar surface area (TPSA) is 26.3 Å². The summed E-state index contributed by atoms with van der Waals surface area (Å²) < 4.78 is 5.63. The van der Waals surface area contributed by atoms with Crippen molar-refractivity contribution in [3.8, 4) is 0 Å². The molecule has 0 saturated heterocycles. The fourth-order valence-corrected chi connectivity index (χ4v) is 9.99. The van der Waals surface area contributed by atoms with Crippen molar-refractivity contribution in [2.24, 2.45) is 46.3 Å². The summed E-state index contributed by atoms with van der Waals surface area (Å²) in [7, 11) is 0. The van der Waals surface area contributed by atoms with Crippen LogP contribution in [0.1, 0.15) is 106 Å². The second-order valence-electron chi connectivity index (χ2n) is 12.8. The van der Waals surface area contributed by atoms with Gasteiger partial charge < -0.3 is 4.74 Å². The molecule has 4 aliphatic carbocycles. The zero-order chi connectivity index (χ0) is 23.3. The number of fused-ring (bicyclic) bond motifs is 5. The lowest BCUT2D eigenvalue weighted by Crippen LogP contribution is -2.54. The van der Waals surface area contributed by atoms with Gasteiger partial charge in [0.15, 0.2) is 0 Å². The lowest BCUT2D eigenvalue weighted by atomic mass is 9.47. The first-order valence-corrected chi connectivity index (χ1v) is 14.5. The molecule has 3 heteroatoms. The van der Waals surface area contributed by atoms with Crippen LogP contribution in [0.5, 0.6) is 0 Å². The molecule has 0 radical (unpaired) electrons. The summed E-state index contributed by atoms with van der Waals surface area (Å²) in [4.78, 5) is 12.0. The van der Waals surface area contributed by atoms with Gasteiger partial charge >= 0.3 is 5.97 Å². The molecule has 0 aromatic heterocycles. The number of hydrogen-bond donors (Lipinski definition) is 0. The average molecular weight is 508 g/mol. The summed E-state index contributed by atoms with van der Waals surface area (Å²) in [6.45, 7) is 14.0. The number of rotatable bonds is 6. The van der Waals surface area contributed by atoms with Gasteiger partial charge in [0.2, 0.25) is 0 Å². The van der Waals surface area contributed by atoms with Gasteiger partial charge in [-0.05, 0) is 84.9 Å². The molecule has 0 amide bonds. The maximum atomic E-state index is 11.5. The standard InChI is InChI=1S/C29H47BrO2/c1-18(2)8-7-9-19(3)23-10-11-24-27-25(13-15-29(23,24)6)28(5)14-12-22(32-20(4)31)16-21(28)17-26(27)30/h17-19,22-27H,7-16H2,1-6H3/t19-,22+,23-,24+,25+,26-,27+,28+,29-/m1/s1. The second kappa shape index (κ2) is 9.38. The van der Waals surface area contributed by atoms with Crippen LogP contribution in [0.4, 0.5) is 0 Å². The molecule has 0 aromatic rings. The minimum absolute atomic E-state index is 0.0829. The van der Waals surface area contributed by atoms with E-state index >= 15 is 0 Å². The molecule has 2 nitrogen and oxygen atoms in total. The maximum Gasteiger partial charge on any atom is 0.302 e. The van der Waals surface area contributed by atoms with Crippen LogP contribution >= 0.6 is 15.9 Å². The highest BCUT2D eigenvalue weighted by Crippen LogP contribution is 2.68. The van der Waals surface area contributed by atoms with E-state index in [1.54, 1.807) is 12.5 Å². The molecular weight excluding hydrogens is 460 g/mol. The van der Waals surface area contributed by atoms with E-state index in [9.17, 15) is 4.79 Å². The molecule has 3 saturated carbocycles. The van der Waals surface area contributed by atoms with Crippen molar-refractivity contribution in [3.05, 3.63) is 11.6 Å². The van der Waals surface area contributed by atoms with Gasteiger partial charge in [-0.3, -0.25) is 4.79 Å². The van der Waals surface area contributed by atoms with Crippen molar-refractivity contribution in [2.75, 3.05) is 0 Å². The normalized spacial score (nSPS) is 44.3. The predicted molar refractivity (Wildman–Crippen MR) is 137 cm³/mol. The minimum atomic E-state index is -0.128. The monoisotopic (exact) mass is 506 g/mol.